The smallest absolute Gasteiger partial charge is 0.122 e. The normalized spacial score (nSPS) is 13.4. The van der Waals surface area contributed by atoms with Crippen molar-refractivity contribution in [1.29, 1.82) is 0 Å². The van der Waals surface area contributed by atoms with Gasteiger partial charge in [0.15, 0.2) is 0 Å². The summed E-state index contributed by atoms with van der Waals surface area (Å²) in [6, 6.07) is 6.31. The molecule has 19 heavy (non-hydrogen) atoms. The lowest BCUT2D eigenvalue weighted by Gasteiger charge is -2.31. The van der Waals surface area contributed by atoms with Crippen molar-refractivity contribution >= 4 is 11.6 Å². The van der Waals surface area contributed by atoms with E-state index in [0.29, 0.717) is 6.04 Å². The fourth-order valence-electron chi connectivity index (χ4n) is 2.33. The topological polar surface area (TPSA) is 21.3 Å². The molecule has 1 aromatic carbocycles. The summed E-state index contributed by atoms with van der Waals surface area (Å²) in [6.45, 7) is 9.97. The summed E-state index contributed by atoms with van der Waals surface area (Å²) in [5.41, 5.74) is 1.43. The van der Waals surface area contributed by atoms with E-state index in [0.717, 1.165) is 30.2 Å². The highest BCUT2D eigenvalue weighted by Gasteiger charge is 2.23. The number of hydrogen-bond acceptors (Lipinski definition) is 2. The fraction of sp³-hybridized carbons (Fsp3) is 0.625. The Bertz CT molecular complexity index is 398. The van der Waals surface area contributed by atoms with Gasteiger partial charge in [-0.25, -0.2) is 0 Å². The molecule has 1 unspecified atom stereocenters. The third-order valence-corrected chi connectivity index (χ3v) is 3.68. The molecular weight excluding hydrogens is 258 g/mol. The highest BCUT2D eigenvalue weighted by Crippen LogP contribution is 2.27. The van der Waals surface area contributed by atoms with Gasteiger partial charge in [-0.05, 0) is 48.6 Å². The van der Waals surface area contributed by atoms with Gasteiger partial charge in [-0.1, -0.05) is 39.3 Å². The second-order valence-corrected chi connectivity index (χ2v) is 6.41. The van der Waals surface area contributed by atoms with E-state index < -0.39 is 0 Å². The summed E-state index contributed by atoms with van der Waals surface area (Å²) in [4.78, 5) is 0. The first-order valence-electron chi connectivity index (χ1n) is 6.94. The Morgan fingerprint density at radius 2 is 2.00 bits per heavy atom. The molecule has 0 amide bonds. The van der Waals surface area contributed by atoms with Crippen molar-refractivity contribution in [1.82, 2.24) is 5.32 Å². The molecule has 0 spiro atoms. The Hall–Kier alpha value is -0.730. The minimum absolute atomic E-state index is 0.252. The van der Waals surface area contributed by atoms with Gasteiger partial charge in [-0.2, -0.15) is 0 Å². The third kappa shape index (κ3) is 5.04. The Morgan fingerprint density at radius 1 is 1.32 bits per heavy atom. The Balaban J connectivity index is 2.76. The molecule has 0 saturated carbocycles. The minimum atomic E-state index is 0.252. The summed E-state index contributed by atoms with van der Waals surface area (Å²) in [5, 5.41) is 4.34. The number of hydrogen-bond donors (Lipinski definition) is 1. The van der Waals surface area contributed by atoms with Gasteiger partial charge in [0, 0.05) is 11.1 Å². The first-order chi connectivity index (χ1) is 8.88. The molecule has 2 nitrogen and oxygen atoms in total. The average Bonchev–Trinajstić information content (AvgIpc) is 2.33. The second kappa shape index (κ2) is 7.16. The van der Waals surface area contributed by atoms with E-state index in [1.54, 1.807) is 7.11 Å². The van der Waals surface area contributed by atoms with Crippen molar-refractivity contribution < 1.29 is 4.74 Å². The number of benzene rings is 1. The summed E-state index contributed by atoms with van der Waals surface area (Å²) >= 11 is 6.07. The lowest BCUT2D eigenvalue weighted by molar-refractivity contribution is 0.257. The summed E-state index contributed by atoms with van der Waals surface area (Å²) < 4.78 is 5.40. The lowest BCUT2D eigenvalue weighted by Crippen LogP contribution is -2.40. The Kier molecular flexibility index (Phi) is 6.15. The summed E-state index contributed by atoms with van der Waals surface area (Å²) in [5.74, 6) is 0.925. The Morgan fingerprint density at radius 3 is 2.53 bits per heavy atom. The maximum atomic E-state index is 6.07. The molecule has 3 heteroatoms. The third-order valence-electron chi connectivity index (χ3n) is 3.44. The van der Waals surface area contributed by atoms with E-state index in [2.05, 4.69) is 33.0 Å². The van der Waals surface area contributed by atoms with Crippen molar-refractivity contribution in [3.8, 4) is 5.75 Å². The zero-order valence-corrected chi connectivity index (χ0v) is 13.5. The van der Waals surface area contributed by atoms with Gasteiger partial charge in [0.2, 0.25) is 0 Å². The van der Waals surface area contributed by atoms with E-state index in [4.69, 9.17) is 16.3 Å². The predicted octanol–water partition coefficient (Wildman–Crippen LogP) is 4.31. The molecule has 1 atom stereocenters. The van der Waals surface area contributed by atoms with Crippen molar-refractivity contribution in [2.24, 2.45) is 5.41 Å². The number of methoxy groups -OCH3 is 1. The zero-order chi connectivity index (χ0) is 14.5. The van der Waals surface area contributed by atoms with Crippen LogP contribution in [0.5, 0.6) is 5.75 Å². The van der Waals surface area contributed by atoms with Crippen LogP contribution in [-0.4, -0.2) is 19.7 Å². The molecule has 0 saturated heterocycles. The number of aryl methyl sites for hydroxylation is 1. The second-order valence-electron chi connectivity index (χ2n) is 5.97. The molecule has 1 N–H and O–H groups in total. The van der Waals surface area contributed by atoms with Gasteiger partial charge in [-0.3, -0.25) is 0 Å². The SMILES string of the molecule is CCNC(CCc1cc(Cl)ccc1OC)C(C)(C)C. The lowest BCUT2D eigenvalue weighted by atomic mass is 9.83. The van der Waals surface area contributed by atoms with Crippen LogP contribution in [0.25, 0.3) is 0 Å². The van der Waals surface area contributed by atoms with Gasteiger partial charge >= 0.3 is 0 Å². The van der Waals surface area contributed by atoms with Gasteiger partial charge in [-0.15, -0.1) is 0 Å². The van der Waals surface area contributed by atoms with Crippen LogP contribution in [0.3, 0.4) is 0 Å². The van der Waals surface area contributed by atoms with Gasteiger partial charge < -0.3 is 10.1 Å². The van der Waals surface area contributed by atoms with E-state index in [9.17, 15) is 0 Å². The van der Waals surface area contributed by atoms with Crippen LogP contribution in [-0.2, 0) is 6.42 Å². The highest BCUT2D eigenvalue weighted by atomic mass is 35.5. The van der Waals surface area contributed by atoms with Gasteiger partial charge in [0.25, 0.3) is 0 Å². The number of rotatable bonds is 6. The molecule has 0 aliphatic heterocycles. The molecule has 108 valence electrons. The first-order valence-corrected chi connectivity index (χ1v) is 7.32. The van der Waals surface area contributed by atoms with Crippen LogP contribution in [0, 0.1) is 5.41 Å². The van der Waals surface area contributed by atoms with Crippen LogP contribution >= 0.6 is 11.6 Å². The molecule has 0 aliphatic carbocycles. The van der Waals surface area contributed by atoms with E-state index in [1.165, 1.54) is 5.56 Å². The monoisotopic (exact) mass is 283 g/mol. The molecule has 0 aromatic heterocycles. The van der Waals surface area contributed by atoms with Crippen molar-refractivity contribution in [2.75, 3.05) is 13.7 Å². The van der Waals surface area contributed by atoms with Gasteiger partial charge in [0.1, 0.15) is 5.75 Å². The maximum Gasteiger partial charge on any atom is 0.122 e. The average molecular weight is 284 g/mol. The first kappa shape index (κ1) is 16.3. The van der Waals surface area contributed by atoms with Crippen molar-refractivity contribution in [2.45, 2.75) is 46.6 Å². The largest absolute Gasteiger partial charge is 0.496 e. The number of halogens is 1. The maximum absolute atomic E-state index is 6.07. The van der Waals surface area contributed by atoms with Crippen LogP contribution in [0.15, 0.2) is 18.2 Å². The molecule has 0 heterocycles. The van der Waals surface area contributed by atoms with Gasteiger partial charge in [0.05, 0.1) is 7.11 Å². The Labute approximate surface area is 122 Å². The quantitative estimate of drug-likeness (QED) is 0.840. The van der Waals surface area contributed by atoms with Crippen molar-refractivity contribution in [3.05, 3.63) is 28.8 Å². The highest BCUT2D eigenvalue weighted by molar-refractivity contribution is 6.30. The van der Waals surface area contributed by atoms with E-state index in [-0.39, 0.29) is 5.41 Å². The van der Waals surface area contributed by atoms with E-state index in [1.807, 2.05) is 18.2 Å². The molecule has 0 radical (unpaired) electrons. The summed E-state index contributed by atoms with van der Waals surface area (Å²) in [7, 11) is 1.71. The fourth-order valence-corrected chi connectivity index (χ4v) is 2.52. The molecule has 1 aromatic rings. The number of nitrogens with one attached hydrogen (secondary N) is 1. The van der Waals surface area contributed by atoms with Crippen LogP contribution < -0.4 is 10.1 Å². The van der Waals surface area contributed by atoms with Crippen LogP contribution in [0.4, 0.5) is 0 Å². The molecule has 0 aliphatic rings. The summed E-state index contributed by atoms with van der Waals surface area (Å²) in [6.07, 6.45) is 2.05. The van der Waals surface area contributed by atoms with Crippen LogP contribution in [0.2, 0.25) is 5.02 Å². The number of ether oxygens (including phenoxy) is 1. The predicted molar refractivity (Wildman–Crippen MR) is 83.2 cm³/mol. The molecule has 1 rings (SSSR count). The zero-order valence-electron chi connectivity index (χ0n) is 12.7. The standard InChI is InChI=1S/C16H26ClNO/c1-6-18-15(16(2,3)4)10-7-12-11-13(17)8-9-14(12)19-5/h8-9,11,15,18H,6-7,10H2,1-5H3. The van der Waals surface area contributed by atoms with E-state index >= 15 is 0 Å². The van der Waals surface area contributed by atoms with Crippen molar-refractivity contribution in [3.63, 3.8) is 0 Å². The molecular formula is C16H26ClNO. The molecule has 0 fully saturated rings. The van der Waals surface area contributed by atoms with Crippen LogP contribution in [0.1, 0.15) is 39.7 Å². The minimum Gasteiger partial charge on any atom is -0.496 e. The molecule has 0 bridgehead atoms.